The van der Waals surface area contributed by atoms with Gasteiger partial charge in [-0.3, -0.25) is 10.00 Å². The molecule has 0 unspecified atom stereocenters. The quantitative estimate of drug-likeness (QED) is 0.400. The van der Waals surface area contributed by atoms with E-state index in [-0.39, 0.29) is 6.04 Å². The highest BCUT2D eigenvalue weighted by molar-refractivity contribution is 6.30. The van der Waals surface area contributed by atoms with Gasteiger partial charge in [-0.1, -0.05) is 29.8 Å². The Hall–Kier alpha value is -3.73. The normalized spacial score (nSPS) is 15.9. The topological polar surface area (TPSA) is 93.5 Å². The maximum absolute atomic E-state index is 8.92. The SMILES string of the molecule is N#Cc1ccc(Nc2cccc([C@@H]3CCCN3Cc3cn[nH]c3-c3ccc(Cl)cc3)n2)cn1. The third kappa shape index (κ3) is 4.72. The van der Waals surface area contributed by atoms with Gasteiger partial charge in [0, 0.05) is 17.1 Å². The Bertz CT molecular complexity index is 1280. The molecule has 0 radical (unpaired) electrons. The van der Waals surface area contributed by atoms with Crippen LogP contribution in [0.2, 0.25) is 5.02 Å². The minimum absolute atomic E-state index is 0.235. The number of nitrogens with one attached hydrogen (secondary N) is 2. The molecule has 2 N–H and O–H groups in total. The van der Waals surface area contributed by atoms with Crippen molar-refractivity contribution in [3.05, 3.63) is 89.0 Å². The Morgan fingerprint density at radius 3 is 2.79 bits per heavy atom. The monoisotopic (exact) mass is 455 g/mol. The number of nitriles is 1. The van der Waals surface area contributed by atoms with Crippen molar-refractivity contribution in [2.75, 3.05) is 11.9 Å². The van der Waals surface area contributed by atoms with E-state index in [0.29, 0.717) is 5.69 Å². The van der Waals surface area contributed by atoms with Crippen LogP contribution in [0.1, 0.15) is 35.8 Å². The van der Waals surface area contributed by atoms with Gasteiger partial charge in [-0.05, 0) is 61.3 Å². The van der Waals surface area contributed by atoms with Gasteiger partial charge in [-0.25, -0.2) is 9.97 Å². The molecule has 7 nitrogen and oxygen atoms in total. The van der Waals surface area contributed by atoms with Crippen LogP contribution in [-0.2, 0) is 6.54 Å². The number of aromatic nitrogens is 4. The first-order valence-electron chi connectivity index (χ1n) is 10.8. The Labute approximate surface area is 197 Å². The number of rotatable bonds is 6. The van der Waals surface area contributed by atoms with E-state index in [4.69, 9.17) is 21.8 Å². The van der Waals surface area contributed by atoms with Crippen molar-refractivity contribution in [2.24, 2.45) is 0 Å². The van der Waals surface area contributed by atoms with E-state index in [9.17, 15) is 0 Å². The summed E-state index contributed by atoms with van der Waals surface area (Å²) in [7, 11) is 0. The highest BCUT2D eigenvalue weighted by Gasteiger charge is 2.28. The molecule has 3 aromatic heterocycles. The van der Waals surface area contributed by atoms with Gasteiger partial charge in [-0.15, -0.1) is 0 Å². The molecule has 33 heavy (non-hydrogen) atoms. The number of nitrogens with zero attached hydrogens (tertiary/aromatic N) is 5. The number of benzene rings is 1. The van der Waals surface area contributed by atoms with E-state index in [1.54, 1.807) is 12.3 Å². The molecule has 0 amide bonds. The van der Waals surface area contributed by atoms with Crippen molar-refractivity contribution >= 4 is 23.1 Å². The van der Waals surface area contributed by atoms with Crippen LogP contribution in [0.3, 0.4) is 0 Å². The summed E-state index contributed by atoms with van der Waals surface area (Å²) in [6.45, 7) is 1.80. The van der Waals surface area contributed by atoms with Crippen LogP contribution in [0.5, 0.6) is 0 Å². The average Bonchev–Trinajstić information content (AvgIpc) is 3.50. The number of likely N-dealkylation sites (tertiary alicyclic amines) is 1. The van der Waals surface area contributed by atoms with E-state index in [0.717, 1.165) is 65.0 Å². The molecule has 1 aliphatic heterocycles. The standard InChI is InChI=1S/C25H22ClN7/c26-19-8-6-17(7-9-19)25-18(14-29-32-25)16-33-12-2-4-23(33)22-3-1-5-24(31-22)30-21-11-10-20(13-27)28-15-21/h1,3,5-11,14-15,23H,2,4,12,16H2,(H,29,32)(H,30,31)/t23-/m0/s1. The lowest BCUT2D eigenvalue weighted by atomic mass is 10.1. The second-order valence-corrected chi connectivity index (χ2v) is 8.46. The predicted octanol–water partition coefficient (Wildman–Crippen LogP) is 5.47. The van der Waals surface area contributed by atoms with Gasteiger partial charge in [0.1, 0.15) is 17.6 Å². The summed E-state index contributed by atoms with van der Waals surface area (Å²) in [5.74, 6) is 0.760. The van der Waals surface area contributed by atoms with Crippen LogP contribution in [0.4, 0.5) is 11.5 Å². The highest BCUT2D eigenvalue weighted by atomic mass is 35.5. The fraction of sp³-hybridized carbons (Fsp3) is 0.200. The maximum Gasteiger partial charge on any atom is 0.140 e. The van der Waals surface area contributed by atoms with Gasteiger partial charge in [0.05, 0.1) is 35.5 Å². The molecule has 1 aromatic carbocycles. The van der Waals surface area contributed by atoms with Crippen LogP contribution in [-0.4, -0.2) is 31.6 Å². The molecule has 5 rings (SSSR count). The minimum atomic E-state index is 0.235. The number of halogens is 1. The van der Waals surface area contributed by atoms with Crippen molar-refractivity contribution in [3.63, 3.8) is 0 Å². The largest absolute Gasteiger partial charge is 0.339 e. The van der Waals surface area contributed by atoms with Gasteiger partial charge >= 0.3 is 0 Å². The fourth-order valence-corrected chi connectivity index (χ4v) is 4.38. The molecule has 4 aromatic rings. The molecule has 8 heteroatoms. The molecule has 1 atom stereocenters. The van der Waals surface area contributed by atoms with Crippen molar-refractivity contribution in [1.82, 2.24) is 25.1 Å². The molecule has 1 fully saturated rings. The lowest BCUT2D eigenvalue weighted by Crippen LogP contribution is -2.23. The zero-order valence-corrected chi connectivity index (χ0v) is 18.6. The Morgan fingerprint density at radius 2 is 2.00 bits per heavy atom. The molecule has 0 bridgehead atoms. The predicted molar refractivity (Wildman–Crippen MR) is 128 cm³/mol. The number of hydrogen-bond donors (Lipinski definition) is 2. The zero-order chi connectivity index (χ0) is 22.6. The first kappa shape index (κ1) is 21.1. The van der Waals surface area contributed by atoms with E-state index in [1.807, 2.05) is 54.7 Å². The molecule has 0 saturated carbocycles. The maximum atomic E-state index is 8.92. The smallest absolute Gasteiger partial charge is 0.140 e. The van der Waals surface area contributed by atoms with Crippen molar-refractivity contribution in [3.8, 4) is 17.3 Å². The molecule has 0 spiro atoms. The first-order chi connectivity index (χ1) is 16.2. The summed E-state index contributed by atoms with van der Waals surface area (Å²) in [5.41, 5.74) is 5.48. The van der Waals surface area contributed by atoms with Crippen LogP contribution < -0.4 is 5.32 Å². The third-order valence-electron chi connectivity index (χ3n) is 5.85. The fourth-order valence-electron chi connectivity index (χ4n) is 4.26. The summed E-state index contributed by atoms with van der Waals surface area (Å²) in [5, 5.41) is 20.4. The van der Waals surface area contributed by atoms with Crippen molar-refractivity contribution in [2.45, 2.75) is 25.4 Å². The molecular weight excluding hydrogens is 434 g/mol. The second kappa shape index (κ2) is 9.41. The number of aromatic amines is 1. The van der Waals surface area contributed by atoms with Gasteiger partial charge in [0.15, 0.2) is 0 Å². The Balaban J connectivity index is 1.33. The number of anilines is 2. The van der Waals surface area contributed by atoms with Gasteiger partial charge in [0.25, 0.3) is 0 Å². The van der Waals surface area contributed by atoms with Crippen LogP contribution >= 0.6 is 11.6 Å². The molecule has 164 valence electrons. The molecule has 4 heterocycles. The van der Waals surface area contributed by atoms with Crippen LogP contribution in [0, 0.1) is 11.3 Å². The van der Waals surface area contributed by atoms with E-state index in [2.05, 4.69) is 31.5 Å². The molecule has 1 aliphatic rings. The van der Waals surface area contributed by atoms with Gasteiger partial charge < -0.3 is 5.32 Å². The minimum Gasteiger partial charge on any atom is -0.339 e. The highest BCUT2D eigenvalue weighted by Crippen LogP contribution is 2.34. The van der Waals surface area contributed by atoms with E-state index < -0.39 is 0 Å². The van der Waals surface area contributed by atoms with Gasteiger partial charge in [-0.2, -0.15) is 10.4 Å². The van der Waals surface area contributed by atoms with Crippen LogP contribution in [0.15, 0.2) is 67.0 Å². The average molecular weight is 456 g/mol. The third-order valence-corrected chi connectivity index (χ3v) is 6.10. The summed E-state index contributed by atoms with van der Waals surface area (Å²) < 4.78 is 0. The lowest BCUT2D eigenvalue weighted by molar-refractivity contribution is 0.245. The lowest BCUT2D eigenvalue weighted by Gasteiger charge is -2.24. The van der Waals surface area contributed by atoms with E-state index in [1.165, 1.54) is 0 Å². The summed E-state index contributed by atoms with van der Waals surface area (Å²) in [4.78, 5) is 11.4. The number of H-pyrrole nitrogens is 1. The number of pyridine rings is 2. The second-order valence-electron chi connectivity index (χ2n) is 8.02. The molecule has 0 aliphatic carbocycles. The Morgan fingerprint density at radius 1 is 1.12 bits per heavy atom. The van der Waals surface area contributed by atoms with Crippen molar-refractivity contribution < 1.29 is 0 Å². The first-order valence-corrected chi connectivity index (χ1v) is 11.2. The van der Waals surface area contributed by atoms with Crippen molar-refractivity contribution in [1.29, 1.82) is 5.26 Å². The summed E-state index contributed by atoms with van der Waals surface area (Å²) >= 11 is 6.05. The van der Waals surface area contributed by atoms with Gasteiger partial charge in [0.2, 0.25) is 0 Å². The van der Waals surface area contributed by atoms with Crippen LogP contribution in [0.25, 0.3) is 11.3 Å². The summed E-state index contributed by atoms with van der Waals surface area (Å²) in [6, 6.07) is 19.6. The molecular formula is C25H22ClN7. The zero-order valence-electron chi connectivity index (χ0n) is 17.9. The molecule has 1 saturated heterocycles. The summed E-state index contributed by atoms with van der Waals surface area (Å²) in [6.07, 6.45) is 5.73. The van der Waals surface area contributed by atoms with E-state index >= 15 is 0 Å². The number of hydrogen-bond acceptors (Lipinski definition) is 6. The Kier molecular flexibility index (Phi) is 6.03.